The highest BCUT2D eigenvalue weighted by Crippen LogP contribution is 2.29. The van der Waals surface area contributed by atoms with Crippen LogP contribution in [-0.2, 0) is 5.88 Å². The molecule has 0 bridgehead atoms. The summed E-state index contributed by atoms with van der Waals surface area (Å²) in [5.74, 6) is 1.38. The number of hydrogen-bond acceptors (Lipinski definition) is 2. The molecule has 1 aliphatic rings. The van der Waals surface area contributed by atoms with Crippen molar-refractivity contribution in [1.29, 1.82) is 0 Å². The summed E-state index contributed by atoms with van der Waals surface area (Å²) >= 11 is 12.2. The minimum Gasteiger partial charge on any atom is -0.323 e. The normalized spacial score (nSPS) is 21.1. The maximum Gasteiger partial charge on any atom is 0.125 e. The van der Waals surface area contributed by atoms with Crippen LogP contribution in [0.4, 0.5) is 0 Å². The molecule has 0 amide bonds. The van der Waals surface area contributed by atoms with Gasteiger partial charge in [0.1, 0.15) is 5.82 Å². The Kier molecular flexibility index (Phi) is 3.70. The van der Waals surface area contributed by atoms with Crippen molar-refractivity contribution >= 4 is 34.2 Å². The summed E-state index contributed by atoms with van der Waals surface area (Å²) < 4.78 is 2.28. The van der Waals surface area contributed by atoms with Crippen LogP contribution in [0.2, 0.25) is 5.02 Å². The number of benzene rings is 1. The molecule has 19 heavy (non-hydrogen) atoms. The lowest BCUT2D eigenvalue weighted by molar-refractivity contribution is 0.213. The maximum atomic E-state index is 6.13. The summed E-state index contributed by atoms with van der Waals surface area (Å²) in [5.41, 5.74) is 2.08. The number of halogens is 2. The zero-order chi connectivity index (χ0) is 13.4. The van der Waals surface area contributed by atoms with Crippen molar-refractivity contribution in [2.45, 2.75) is 24.8 Å². The molecule has 1 aromatic heterocycles. The largest absolute Gasteiger partial charge is 0.323 e. The summed E-state index contributed by atoms with van der Waals surface area (Å²) in [6, 6.07) is 6.29. The standard InChI is InChI=1S/C14H17Cl2N3/c1-18-6-2-3-11(9-18)19-13-7-10(16)4-5-12(13)17-14(19)8-15/h4-5,7,11H,2-3,6,8-9H2,1H3. The van der Waals surface area contributed by atoms with Gasteiger partial charge in [0.2, 0.25) is 0 Å². The van der Waals surface area contributed by atoms with Gasteiger partial charge in [-0.05, 0) is 44.6 Å². The van der Waals surface area contributed by atoms with Gasteiger partial charge < -0.3 is 9.47 Å². The summed E-state index contributed by atoms with van der Waals surface area (Å²) in [6.45, 7) is 2.21. The van der Waals surface area contributed by atoms with E-state index >= 15 is 0 Å². The van der Waals surface area contributed by atoms with Gasteiger partial charge in [0.25, 0.3) is 0 Å². The van der Waals surface area contributed by atoms with Crippen LogP contribution in [-0.4, -0.2) is 34.6 Å². The minimum absolute atomic E-state index is 0.437. The third-order valence-corrected chi connectivity index (χ3v) is 4.28. The fraction of sp³-hybridized carbons (Fsp3) is 0.500. The second kappa shape index (κ2) is 5.31. The molecule has 1 aliphatic heterocycles. The van der Waals surface area contributed by atoms with E-state index in [9.17, 15) is 0 Å². The highest BCUT2D eigenvalue weighted by molar-refractivity contribution is 6.31. The Morgan fingerprint density at radius 2 is 2.26 bits per heavy atom. The summed E-state index contributed by atoms with van der Waals surface area (Å²) in [5, 5.41) is 0.749. The molecule has 3 nitrogen and oxygen atoms in total. The Morgan fingerprint density at radius 3 is 3.00 bits per heavy atom. The van der Waals surface area contributed by atoms with Crippen molar-refractivity contribution in [2.75, 3.05) is 20.1 Å². The molecule has 102 valence electrons. The molecule has 1 saturated heterocycles. The van der Waals surface area contributed by atoms with Crippen LogP contribution in [0.3, 0.4) is 0 Å². The molecule has 3 rings (SSSR count). The number of aromatic nitrogens is 2. The van der Waals surface area contributed by atoms with Crippen molar-refractivity contribution in [3.63, 3.8) is 0 Å². The SMILES string of the molecule is CN1CCCC(n2c(CCl)nc3ccc(Cl)cc32)C1. The molecular weight excluding hydrogens is 281 g/mol. The average molecular weight is 298 g/mol. The van der Waals surface area contributed by atoms with E-state index in [0.717, 1.165) is 28.4 Å². The van der Waals surface area contributed by atoms with Gasteiger partial charge in [0, 0.05) is 17.6 Å². The second-order valence-electron chi connectivity index (χ2n) is 5.22. The van der Waals surface area contributed by atoms with Crippen LogP contribution in [0, 0.1) is 0 Å². The minimum atomic E-state index is 0.437. The number of hydrogen-bond donors (Lipinski definition) is 0. The predicted molar refractivity (Wildman–Crippen MR) is 80.1 cm³/mol. The third-order valence-electron chi connectivity index (χ3n) is 3.81. The molecule has 0 aliphatic carbocycles. The molecule has 0 spiro atoms. The van der Waals surface area contributed by atoms with Crippen molar-refractivity contribution in [3.8, 4) is 0 Å². The van der Waals surface area contributed by atoms with Crippen LogP contribution in [0.5, 0.6) is 0 Å². The fourth-order valence-electron chi connectivity index (χ4n) is 2.97. The summed E-state index contributed by atoms with van der Waals surface area (Å²) in [7, 11) is 2.17. The number of imidazole rings is 1. The van der Waals surface area contributed by atoms with E-state index in [0.29, 0.717) is 11.9 Å². The Labute approximate surface area is 123 Å². The first kappa shape index (κ1) is 13.2. The van der Waals surface area contributed by atoms with Gasteiger partial charge in [-0.2, -0.15) is 0 Å². The number of likely N-dealkylation sites (tertiary alicyclic amines) is 1. The monoisotopic (exact) mass is 297 g/mol. The predicted octanol–water partition coefficient (Wildman–Crippen LogP) is 3.70. The topological polar surface area (TPSA) is 21.1 Å². The smallest absolute Gasteiger partial charge is 0.125 e. The number of piperidine rings is 1. The number of likely N-dealkylation sites (N-methyl/N-ethyl adjacent to an activating group) is 1. The van der Waals surface area contributed by atoms with Gasteiger partial charge in [0.15, 0.2) is 0 Å². The van der Waals surface area contributed by atoms with Gasteiger partial charge in [-0.15, -0.1) is 11.6 Å². The van der Waals surface area contributed by atoms with Crippen LogP contribution in [0.15, 0.2) is 18.2 Å². The molecule has 0 saturated carbocycles. The van der Waals surface area contributed by atoms with Crippen molar-refractivity contribution in [3.05, 3.63) is 29.0 Å². The van der Waals surface area contributed by atoms with Crippen LogP contribution < -0.4 is 0 Å². The Morgan fingerprint density at radius 1 is 1.42 bits per heavy atom. The van der Waals surface area contributed by atoms with Gasteiger partial charge >= 0.3 is 0 Å². The van der Waals surface area contributed by atoms with Crippen molar-refractivity contribution < 1.29 is 0 Å². The summed E-state index contributed by atoms with van der Waals surface area (Å²) in [4.78, 5) is 6.99. The third kappa shape index (κ3) is 2.47. The van der Waals surface area contributed by atoms with Crippen LogP contribution in [0.25, 0.3) is 11.0 Å². The number of alkyl halides is 1. The number of nitrogens with zero attached hydrogens (tertiary/aromatic N) is 3. The van der Waals surface area contributed by atoms with Crippen LogP contribution in [0.1, 0.15) is 24.7 Å². The van der Waals surface area contributed by atoms with Crippen LogP contribution >= 0.6 is 23.2 Å². The Balaban J connectivity index is 2.11. The molecule has 1 unspecified atom stereocenters. The first-order chi connectivity index (χ1) is 9.19. The van der Waals surface area contributed by atoms with Crippen molar-refractivity contribution in [2.24, 2.45) is 0 Å². The fourth-order valence-corrected chi connectivity index (χ4v) is 3.32. The van der Waals surface area contributed by atoms with Gasteiger partial charge in [-0.3, -0.25) is 0 Å². The highest BCUT2D eigenvalue weighted by atomic mass is 35.5. The van der Waals surface area contributed by atoms with E-state index < -0.39 is 0 Å². The maximum absolute atomic E-state index is 6.13. The molecule has 0 radical (unpaired) electrons. The van der Waals surface area contributed by atoms with Gasteiger partial charge in [0.05, 0.1) is 16.9 Å². The molecule has 0 N–H and O–H groups in total. The lowest BCUT2D eigenvalue weighted by atomic mass is 10.1. The Bertz CT molecular complexity index is 594. The van der Waals surface area contributed by atoms with Crippen molar-refractivity contribution in [1.82, 2.24) is 14.5 Å². The van der Waals surface area contributed by atoms with E-state index in [2.05, 4.69) is 21.5 Å². The molecule has 1 fully saturated rings. The quantitative estimate of drug-likeness (QED) is 0.788. The second-order valence-corrected chi connectivity index (χ2v) is 5.93. The van der Waals surface area contributed by atoms with E-state index in [4.69, 9.17) is 23.2 Å². The molecule has 2 aromatic rings. The first-order valence-corrected chi connectivity index (χ1v) is 7.51. The molecular formula is C14H17Cl2N3. The summed E-state index contributed by atoms with van der Waals surface area (Å²) in [6.07, 6.45) is 2.38. The zero-order valence-electron chi connectivity index (χ0n) is 10.9. The Hall–Kier alpha value is -0.770. The van der Waals surface area contributed by atoms with E-state index in [1.165, 1.54) is 19.4 Å². The highest BCUT2D eigenvalue weighted by Gasteiger charge is 2.23. The van der Waals surface area contributed by atoms with E-state index in [-0.39, 0.29) is 0 Å². The number of rotatable bonds is 2. The van der Waals surface area contributed by atoms with Gasteiger partial charge in [-0.25, -0.2) is 4.98 Å². The molecule has 2 heterocycles. The lowest BCUT2D eigenvalue weighted by Gasteiger charge is -2.31. The first-order valence-electron chi connectivity index (χ1n) is 6.60. The van der Waals surface area contributed by atoms with E-state index in [1.54, 1.807) is 0 Å². The van der Waals surface area contributed by atoms with E-state index in [1.807, 2.05) is 18.2 Å². The zero-order valence-corrected chi connectivity index (χ0v) is 12.5. The molecule has 1 atom stereocenters. The lowest BCUT2D eigenvalue weighted by Crippen LogP contribution is -2.34. The molecule has 5 heteroatoms. The average Bonchev–Trinajstić information content (AvgIpc) is 2.76. The molecule has 1 aromatic carbocycles. The number of fused-ring (bicyclic) bond motifs is 1. The van der Waals surface area contributed by atoms with Gasteiger partial charge in [-0.1, -0.05) is 11.6 Å².